The van der Waals surface area contributed by atoms with Crippen molar-refractivity contribution in [1.29, 1.82) is 0 Å². The highest BCUT2D eigenvalue weighted by Crippen LogP contribution is 2.33. The van der Waals surface area contributed by atoms with E-state index in [0.29, 0.717) is 17.2 Å². The van der Waals surface area contributed by atoms with E-state index in [-0.39, 0.29) is 0 Å². The number of carboxylic acids is 1. The molecule has 0 unspecified atom stereocenters. The van der Waals surface area contributed by atoms with Gasteiger partial charge < -0.3 is 29.8 Å². The first-order chi connectivity index (χ1) is 12.7. The van der Waals surface area contributed by atoms with Crippen molar-refractivity contribution < 1.29 is 29.0 Å². The lowest BCUT2D eigenvalue weighted by Crippen LogP contribution is -2.49. The number of fused-ring (bicyclic) bond motifs is 1. The Morgan fingerprint density at radius 3 is 2.26 bits per heavy atom. The number of nitrogens with one attached hydrogen (secondary N) is 2. The first kappa shape index (κ1) is 20.1. The third kappa shape index (κ3) is 4.13. The van der Waals surface area contributed by atoms with Crippen molar-refractivity contribution in [1.82, 2.24) is 15.2 Å². The van der Waals surface area contributed by atoms with Crippen LogP contribution in [-0.2, 0) is 16.6 Å². The zero-order valence-electron chi connectivity index (χ0n) is 15.8. The lowest BCUT2D eigenvalue weighted by atomic mass is 10.2. The van der Waals surface area contributed by atoms with Crippen LogP contribution < -0.4 is 20.1 Å². The summed E-state index contributed by atoms with van der Waals surface area (Å²) in [7, 11) is 4.78. The van der Waals surface area contributed by atoms with Crippen LogP contribution in [0.4, 0.5) is 0 Å². The summed E-state index contributed by atoms with van der Waals surface area (Å²) in [5.41, 5.74) is 1.05. The zero-order chi connectivity index (χ0) is 20.3. The summed E-state index contributed by atoms with van der Waals surface area (Å²) >= 11 is 0. The molecule has 0 bridgehead atoms. The predicted molar refractivity (Wildman–Crippen MR) is 98.2 cm³/mol. The smallest absolute Gasteiger partial charge is 0.325 e. The Labute approximate surface area is 156 Å². The second-order valence-corrected chi connectivity index (χ2v) is 6.11. The number of amides is 2. The standard InChI is InChI=1S/C18H23N3O6/c1-9(16(22)20-10(2)18(24)25)19-17(23)14-8-12-13(21(14)3)6-11(26-4)7-15(12)27-5/h6-10H,1-5H3,(H,19,23)(H,20,22)(H,24,25)/t9-,10-/m0/s1. The van der Waals surface area contributed by atoms with Gasteiger partial charge in [-0.2, -0.15) is 0 Å². The van der Waals surface area contributed by atoms with Gasteiger partial charge in [0.25, 0.3) is 5.91 Å². The second kappa shape index (κ2) is 7.98. The Bertz CT molecular complexity index is 889. The average molecular weight is 377 g/mol. The Morgan fingerprint density at radius 1 is 1.04 bits per heavy atom. The molecule has 3 N–H and O–H groups in total. The molecule has 2 rings (SSSR count). The quantitative estimate of drug-likeness (QED) is 0.660. The Kier molecular flexibility index (Phi) is 5.94. The Balaban J connectivity index is 2.26. The van der Waals surface area contributed by atoms with Crippen molar-refractivity contribution in [2.24, 2.45) is 7.05 Å². The number of carbonyl (C=O) groups is 3. The van der Waals surface area contributed by atoms with Gasteiger partial charge in [0.1, 0.15) is 29.3 Å². The number of rotatable bonds is 7. The molecule has 0 aliphatic rings. The molecular weight excluding hydrogens is 354 g/mol. The highest BCUT2D eigenvalue weighted by molar-refractivity contribution is 6.02. The lowest BCUT2D eigenvalue weighted by molar-refractivity contribution is -0.141. The molecule has 2 atom stereocenters. The van der Waals surface area contributed by atoms with Gasteiger partial charge in [-0.05, 0) is 19.9 Å². The molecule has 2 aromatic rings. The minimum Gasteiger partial charge on any atom is -0.497 e. The number of nitrogens with zero attached hydrogens (tertiary/aromatic N) is 1. The van der Waals surface area contributed by atoms with Crippen LogP contribution in [0.5, 0.6) is 11.5 Å². The van der Waals surface area contributed by atoms with Gasteiger partial charge in [-0.25, -0.2) is 0 Å². The maximum atomic E-state index is 12.6. The van der Waals surface area contributed by atoms with E-state index in [0.717, 1.165) is 10.9 Å². The average Bonchev–Trinajstić information content (AvgIpc) is 2.97. The molecule has 0 radical (unpaired) electrons. The molecular formula is C18H23N3O6. The molecule has 0 saturated carbocycles. The first-order valence-electron chi connectivity index (χ1n) is 8.25. The van der Waals surface area contributed by atoms with Gasteiger partial charge in [0.15, 0.2) is 0 Å². The van der Waals surface area contributed by atoms with E-state index in [2.05, 4.69) is 10.6 Å². The number of aromatic nitrogens is 1. The van der Waals surface area contributed by atoms with Crippen molar-refractivity contribution in [3.63, 3.8) is 0 Å². The van der Waals surface area contributed by atoms with Crippen molar-refractivity contribution in [3.05, 3.63) is 23.9 Å². The maximum absolute atomic E-state index is 12.6. The molecule has 1 aromatic carbocycles. The van der Waals surface area contributed by atoms with Gasteiger partial charge in [0.05, 0.1) is 19.7 Å². The van der Waals surface area contributed by atoms with Crippen LogP contribution in [0.25, 0.3) is 10.9 Å². The first-order valence-corrected chi connectivity index (χ1v) is 8.25. The van der Waals surface area contributed by atoms with Crippen molar-refractivity contribution >= 4 is 28.7 Å². The van der Waals surface area contributed by atoms with E-state index < -0.39 is 29.9 Å². The number of aryl methyl sites for hydroxylation is 1. The lowest BCUT2D eigenvalue weighted by Gasteiger charge is -2.16. The van der Waals surface area contributed by atoms with E-state index in [9.17, 15) is 14.4 Å². The number of ether oxygens (including phenoxy) is 2. The molecule has 27 heavy (non-hydrogen) atoms. The van der Waals surface area contributed by atoms with Gasteiger partial charge in [0.2, 0.25) is 5.91 Å². The fourth-order valence-electron chi connectivity index (χ4n) is 2.61. The third-order valence-electron chi connectivity index (χ3n) is 4.26. The normalized spacial score (nSPS) is 12.9. The van der Waals surface area contributed by atoms with Crippen molar-refractivity contribution in [2.45, 2.75) is 25.9 Å². The summed E-state index contributed by atoms with van der Waals surface area (Å²) in [5, 5.41) is 14.5. The summed E-state index contributed by atoms with van der Waals surface area (Å²) < 4.78 is 12.3. The number of hydrogen-bond donors (Lipinski definition) is 3. The van der Waals surface area contributed by atoms with E-state index in [1.807, 2.05) is 0 Å². The van der Waals surface area contributed by atoms with E-state index >= 15 is 0 Å². The summed E-state index contributed by atoms with van der Waals surface area (Å²) in [6.07, 6.45) is 0. The number of benzene rings is 1. The predicted octanol–water partition coefficient (Wildman–Crippen LogP) is 0.903. The molecule has 0 aliphatic heterocycles. The zero-order valence-corrected chi connectivity index (χ0v) is 15.8. The topological polar surface area (TPSA) is 119 Å². The highest BCUT2D eigenvalue weighted by atomic mass is 16.5. The molecule has 9 heteroatoms. The molecule has 0 aliphatic carbocycles. The summed E-state index contributed by atoms with van der Waals surface area (Å²) in [6.45, 7) is 2.83. The minimum atomic E-state index is -1.16. The molecule has 1 heterocycles. The molecule has 0 spiro atoms. The molecule has 146 valence electrons. The van der Waals surface area contributed by atoms with Gasteiger partial charge in [-0.3, -0.25) is 14.4 Å². The van der Waals surface area contributed by atoms with Crippen LogP contribution in [0.3, 0.4) is 0 Å². The minimum absolute atomic E-state index is 0.322. The highest BCUT2D eigenvalue weighted by Gasteiger charge is 2.23. The van der Waals surface area contributed by atoms with Crippen LogP contribution in [0, 0.1) is 0 Å². The summed E-state index contributed by atoms with van der Waals surface area (Å²) in [5.74, 6) is -1.07. The number of hydrogen-bond acceptors (Lipinski definition) is 5. The van der Waals surface area contributed by atoms with Gasteiger partial charge in [-0.15, -0.1) is 0 Å². The molecule has 1 aromatic heterocycles. The number of carboxylic acid groups (broad SMARTS) is 1. The van der Waals surface area contributed by atoms with Crippen LogP contribution in [-0.4, -0.2) is 53.8 Å². The van der Waals surface area contributed by atoms with Gasteiger partial charge in [0, 0.05) is 24.6 Å². The number of carbonyl (C=O) groups excluding carboxylic acids is 2. The fraction of sp³-hybridized carbons (Fsp3) is 0.389. The Morgan fingerprint density at radius 2 is 1.70 bits per heavy atom. The van der Waals surface area contributed by atoms with Gasteiger partial charge >= 0.3 is 5.97 Å². The SMILES string of the molecule is COc1cc(OC)c2cc(C(=O)N[C@@H](C)C(=O)N[C@@H](C)C(=O)O)n(C)c2c1. The monoisotopic (exact) mass is 377 g/mol. The maximum Gasteiger partial charge on any atom is 0.325 e. The molecule has 0 fully saturated rings. The molecule has 9 nitrogen and oxygen atoms in total. The number of aliphatic carboxylic acids is 1. The van der Waals surface area contributed by atoms with E-state index in [4.69, 9.17) is 14.6 Å². The van der Waals surface area contributed by atoms with Crippen LogP contribution in [0.15, 0.2) is 18.2 Å². The summed E-state index contributed by atoms with van der Waals surface area (Å²) in [6, 6.07) is 3.19. The van der Waals surface area contributed by atoms with Crippen molar-refractivity contribution in [2.75, 3.05) is 14.2 Å². The van der Waals surface area contributed by atoms with Crippen LogP contribution in [0.2, 0.25) is 0 Å². The van der Waals surface area contributed by atoms with Crippen molar-refractivity contribution in [3.8, 4) is 11.5 Å². The molecule has 2 amide bonds. The largest absolute Gasteiger partial charge is 0.497 e. The van der Waals surface area contributed by atoms with E-state index in [1.54, 1.807) is 29.8 Å². The van der Waals surface area contributed by atoms with E-state index in [1.165, 1.54) is 28.1 Å². The third-order valence-corrected chi connectivity index (χ3v) is 4.26. The van der Waals surface area contributed by atoms with Gasteiger partial charge in [-0.1, -0.05) is 0 Å². The number of methoxy groups -OCH3 is 2. The van der Waals surface area contributed by atoms with Crippen LogP contribution in [0.1, 0.15) is 24.3 Å². The fourth-order valence-corrected chi connectivity index (χ4v) is 2.61. The second-order valence-electron chi connectivity index (χ2n) is 6.11. The summed E-state index contributed by atoms with van der Waals surface area (Å²) in [4.78, 5) is 35.5. The Hall–Kier alpha value is -3.23. The van der Waals surface area contributed by atoms with Crippen LogP contribution >= 0.6 is 0 Å². The molecule has 0 saturated heterocycles.